The lowest BCUT2D eigenvalue weighted by Gasteiger charge is -2.28. The van der Waals surface area contributed by atoms with E-state index in [4.69, 9.17) is 23.2 Å². The van der Waals surface area contributed by atoms with Crippen LogP contribution in [0.2, 0.25) is 10.0 Å². The van der Waals surface area contributed by atoms with Gasteiger partial charge in [0.1, 0.15) is 4.90 Å². The van der Waals surface area contributed by atoms with Gasteiger partial charge in [-0.15, -0.1) is 0 Å². The van der Waals surface area contributed by atoms with E-state index in [-0.39, 0.29) is 20.8 Å². The first-order valence-electron chi connectivity index (χ1n) is 8.17. The summed E-state index contributed by atoms with van der Waals surface area (Å²) in [5, 5.41) is 0.360. The molecule has 0 radical (unpaired) electrons. The van der Waals surface area contributed by atoms with Crippen molar-refractivity contribution in [2.24, 2.45) is 0 Å². The third-order valence-corrected chi connectivity index (χ3v) is 6.36. The van der Waals surface area contributed by atoms with E-state index in [9.17, 15) is 13.2 Å². The number of nitrogens with one attached hydrogen (secondary N) is 1. The molecule has 0 saturated carbocycles. The molecular weight excluding hydrogens is 395 g/mol. The Bertz CT molecular complexity index is 961. The first-order chi connectivity index (χ1) is 12.3. The first kappa shape index (κ1) is 19.0. The molecule has 1 fully saturated rings. The second-order valence-corrected chi connectivity index (χ2v) is 8.68. The zero-order chi connectivity index (χ0) is 18.9. The molecule has 1 heterocycles. The summed E-state index contributed by atoms with van der Waals surface area (Å²) >= 11 is 11.9. The molecule has 2 aromatic rings. The Labute approximate surface area is 163 Å². The van der Waals surface area contributed by atoms with Crippen LogP contribution in [-0.4, -0.2) is 20.9 Å². The maximum atomic E-state index is 12.7. The number of hydrogen-bond acceptors (Lipinski definition) is 3. The van der Waals surface area contributed by atoms with Crippen LogP contribution in [0.25, 0.3) is 0 Å². The van der Waals surface area contributed by atoms with Crippen LogP contribution in [0.3, 0.4) is 0 Å². The Hall–Kier alpha value is -1.76. The minimum Gasteiger partial charge on any atom is -0.312 e. The van der Waals surface area contributed by atoms with Crippen LogP contribution in [0.4, 0.5) is 11.4 Å². The third kappa shape index (κ3) is 3.98. The van der Waals surface area contributed by atoms with Gasteiger partial charge < -0.3 is 4.90 Å². The molecule has 0 aliphatic carbocycles. The monoisotopic (exact) mass is 412 g/mol. The molecule has 0 atom stereocenters. The van der Waals surface area contributed by atoms with Crippen molar-refractivity contribution in [2.45, 2.75) is 31.1 Å². The van der Waals surface area contributed by atoms with E-state index in [0.717, 1.165) is 18.4 Å². The fourth-order valence-electron chi connectivity index (χ4n) is 2.92. The molecule has 0 unspecified atom stereocenters. The van der Waals surface area contributed by atoms with Gasteiger partial charge in [0, 0.05) is 23.7 Å². The van der Waals surface area contributed by atoms with Gasteiger partial charge in [-0.2, -0.15) is 0 Å². The summed E-state index contributed by atoms with van der Waals surface area (Å²) in [6, 6.07) is 9.38. The quantitative estimate of drug-likeness (QED) is 0.796. The molecule has 1 amide bonds. The van der Waals surface area contributed by atoms with E-state index in [0.29, 0.717) is 24.3 Å². The Balaban J connectivity index is 1.94. The molecule has 2 aromatic carbocycles. The van der Waals surface area contributed by atoms with Gasteiger partial charge in [-0.25, -0.2) is 8.42 Å². The molecule has 8 heteroatoms. The number of carbonyl (C=O) groups is 1. The minimum atomic E-state index is -3.91. The van der Waals surface area contributed by atoms with Crippen molar-refractivity contribution in [1.29, 1.82) is 0 Å². The summed E-state index contributed by atoms with van der Waals surface area (Å²) in [6.07, 6.45) is 2.32. The predicted octanol–water partition coefficient (Wildman–Crippen LogP) is 4.62. The van der Waals surface area contributed by atoms with Gasteiger partial charge >= 0.3 is 0 Å². The van der Waals surface area contributed by atoms with E-state index in [1.165, 1.54) is 18.2 Å². The van der Waals surface area contributed by atoms with Crippen molar-refractivity contribution in [3.05, 3.63) is 52.0 Å². The van der Waals surface area contributed by atoms with Crippen LogP contribution in [0.15, 0.2) is 41.3 Å². The van der Waals surface area contributed by atoms with Gasteiger partial charge in [0.2, 0.25) is 5.91 Å². The molecule has 1 N–H and O–H groups in total. The van der Waals surface area contributed by atoms with Gasteiger partial charge in [0.15, 0.2) is 0 Å². The standard InChI is InChI=1S/C18H18Cl2N2O3S/c1-12-5-7-14(11-16(12)22-9-3-2-4-18(22)23)21-26(24,25)17-10-13(19)6-8-15(17)20/h5-8,10-11,21H,2-4,9H2,1H3. The van der Waals surface area contributed by atoms with Gasteiger partial charge in [-0.05, 0) is 55.7 Å². The second kappa shape index (κ2) is 7.47. The van der Waals surface area contributed by atoms with Crippen LogP contribution in [0.5, 0.6) is 0 Å². The topological polar surface area (TPSA) is 66.5 Å². The van der Waals surface area contributed by atoms with E-state index < -0.39 is 10.0 Å². The largest absolute Gasteiger partial charge is 0.312 e. The zero-order valence-electron chi connectivity index (χ0n) is 14.1. The normalized spacial score (nSPS) is 15.2. The number of halogens is 2. The molecule has 1 aliphatic rings. The smallest absolute Gasteiger partial charge is 0.263 e. The zero-order valence-corrected chi connectivity index (χ0v) is 16.5. The number of sulfonamides is 1. The van der Waals surface area contributed by atoms with Crippen LogP contribution in [-0.2, 0) is 14.8 Å². The Kier molecular flexibility index (Phi) is 5.46. The third-order valence-electron chi connectivity index (χ3n) is 4.26. The maximum Gasteiger partial charge on any atom is 0.263 e. The van der Waals surface area contributed by atoms with Gasteiger partial charge in [0.25, 0.3) is 10.0 Å². The molecule has 26 heavy (non-hydrogen) atoms. The van der Waals surface area contributed by atoms with E-state index in [1.54, 1.807) is 23.1 Å². The maximum absolute atomic E-state index is 12.7. The van der Waals surface area contributed by atoms with E-state index >= 15 is 0 Å². The van der Waals surface area contributed by atoms with Crippen molar-refractivity contribution in [1.82, 2.24) is 0 Å². The van der Waals surface area contributed by atoms with Crippen molar-refractivity contribution >= 4 is 50.5 Å². The van der Waals surface area contributed by atoms with Gasteiger partial charge in [0.05, 0.1) is 10.7 Å². The highest BCUT2D eigenvalue weighted by atomic mass is 35.5. The summed E-state index contributed by atoms with van der Waals surface area (Å²) in [5.74, 6) is 0.0530. The molecular formula is C18H18Cl2N2O3S. The van der Waals surface area contributed by atoms with Crippen LogP contribution in [0.1, 0.15) is 24.8 Å². The summed E-state index contributed by atoms with van der Waals surface area (Å²) in [6.45, 7) is 2.53. The summed E-state index contributed by atoms with van der Waals surface area (Å²) in [7, 11) is -3.91. The van der Waals surface area contributed by atoms with Crippen molar-refractivity contribution in [3.8, 4) is 0 Å². The highest BCUT2D eigenvalue weighted by Crippen LogP contribution is 2.30. The number of hydrogen-bond donors (Lipinski definition) is 1. The fourth-order valence-corrected chi connectivity index (χ4v) is 4.73. The minimum absolute atomic E-state index is 0.0530. The van der Waals surface area contributed by atoms with Crippen molar-refractivity contribution in [2.75, 3.05) is 16.2 Å². The second-order valence-electron chi connectivity index (χ2n) is 6.18. The van der Waals surface area contributed by atoms with Crippen LogP contribution < -0.4 is 9.62 Å². The lowest BCUT2D eigenvalue weighted by atomic mass is 10.1. The number of nitrogens with zero attached hydrogens (tertiary/aromatic N) is 1. The molecule has 0 aromatic heterocycles. The number of anilines is 2. The number of piperidine rings is 1. The summed E-state index contributed by atoms with van der Waals surface area (Å²) in [5.41, 5.74) is 1.98. The first-order valence-corrected chi connectivity index (χ1v) is 10.4. The van der Waals surface area contributed by atoms with E-state index in [2.05, 4.69) is 4.72 Å². The lowest BCUT2D eigenvalue weighted by molar-refractivity contribution is -0.119. The summed E-state index contributed by atoms with van der Waals surface area (Å²) < 4.78 is 27.9. The van der Waals surface area contributed by atoms with Gasteiger partial charge in [-0.3, -0.25) is 9.52 Å². The molecule has 138 valence electrons. The highest BCUT2D eigenvalue weighted by molar-refractivity contribution is 7.92. The Morgan fingerprint density at radius 1 is 1.08 bits per heavy atom. The number of benzene rings is 2. The van der Waals surface area contributed by atoms with Crippen molar-refractivity contribution < 1.29 is 13.2 Å². The highest BCUT2D eigenvalue weighted by Gasteiger charge is 2.23. The summed E-state index contributed by atoms with van der Waals surface area (Å²) in [4.78, 5) is 13.8. The molecule has 0 bridgehead atoms. The Morgan fingerprint density at radius 3 is 2.58 bits per heavy atom. The molecule has 5 nitrogen and oxygen atoms in total. The lowest BCUT2D eigenvalue weighted by Crippen LogP contribution is -2.35. The number of aryl methyl sites for hydroxylation is 1. The Morgan fingerprint density at radius 2 is 1.85 bits per heavy atom. The van der Waals surface area contributed by atoms with Crippen molar-refractivity contribution in [3.63, 3.8) is 0 Å². The molecule has 1 saturated heterocycles. The predicted molar refractivity (Wildman–Crippen MR) is 105 cm³/mol. The van der Waals surface area contributed by atoms with E-state index in [1.807, 2.05) is 6.92 Å². The SMILES string of the molecule is Cc1ccc(NS(=O)(=O)c2cc(Cl)ccc2Cl)cc1N1CCCCC1=O. The average molecular weight is 413 g/mol. The number of rotatable bonds is 4. The fraction of sp³-hybridized carbons (Fsp3) is 0.278. The number of carbonyl (C=O) groups excluding carboxylic acids is 1. The van der Waals surface area contributed by atoms with Gasteiger partial charge in [-0.1, -0.05) is 29.3 Å². The number of amides is 1. The van der Waals surface area contributed by atoms with Crippen LogP contribution >= 0.6 is 23.2 Å². The van der Waals surface area contributed by atoms with Crippen LogP contribution in [0, 0.1) is 6.92 Å². The molecule has 0 spiro atoms. The molecule has 1 aliphatic heterocycles. The average Bonchev–Trinajstić information content (AvgIpc) is 2.59. The molecule has 3 rings (SSSR count).